The molecule has 3 aliphatic rings. The van der Waals surface area contributed by atoms with Crippen LogP contribution in [0.2, 0.25) is 5.02 Å². The summed E-state index contributed by atoms with van der Waals surface area (Å²) >= 11 is 6.18. The number of nitrogens with one attached hydrogen (secondary N) is 1. The average Bonchev–Trinajstić information content (AvgIpc) is 3.22. The molecule has 1 N–H and O–H groups in total. The Morgan fingerprint density at radius 2 is 1.71 bits per heavy atom. The highest BCUT2D eigenvalue weighted by atomic mass is 35.5. The van der Waals surface area contributed by atoms with E-state index in [0.29, 0.717) is 12.3 Å². The van der Waals surface area contributed by atoms with Crippen molar-refractivity contribution in [1.29, 1.82) is 0 Å². The smallest absolute Gasteiger partial charge is 0.222 e. The molecule has 0 saturated carbocycles. The predicted molar refractivity (Wildman–Crippen MR) is 143 cm³/mol. The molecule has 0 aliphatic carbocycles. The molecule has 0 radical (unpaired) electrons. The number of halogens is 1. The number of rotatable bonds is 6. The maximum absolute atomic E-state index is 12.5. The Labute approximate surface area is 213 Å². The van der Waals surface area contributed by atoms with E-state index in [1.807, 2.05) is 23.1 Å². The molecule has 35 heavy (non-hydrogen) atoms. The van der Waals surface area contributed by atoms with Crippen molar-refractivity contribution in [1.82, 2.24) is 20.0 Å². The quantitative estimate of drug-likeness (QED) is 0.618. The Morgan fingerprint density at radius 3 is 2.40 bits per heavy atom. The van der Waals surface area contributed by atoms with Gasteiger partial charge in [0.15, 0.2) is 0 Å². The monoisotopic (exact) mass is 488 g/mol. The Bertz CT molecular complexity index is 1140. The Hall–Kier alpha value is -3.02. The van der Waals surface area contributed by atoms with Gasteiger partial charge in [-0.2, -0.15) is 0 Å². The predicted octanol–water partition coefficient (Wildman–Crippen LogP) is 5.04. The van der Waals surface area contributed by atoms with Crippen LogP contribution in [0.3, 0.4) is 0 Å². The summed E-state index contributed by atoms with van der Waals surface area (Å²) in [5.74, 6) is 0.673. The zero-order valence-electron chi connectivity index (χ0n) is 20.5. The van der Waals surface area contributed by atoms with E-state index >= 15 is 0 Å². The van der Waals surface area contributed by atoms with Crippen LogP contribution in [0, 0.1) is 5.92 Å². The summed E-state index contributed by atoms with van der Waals surface area (Å²) in [6.07, 6.45) is 7.40. The lowest BCUT2D eigenvalue weighted by Crippen LogP contribution is -2.50. The largest absolute Gasteiger partial charge is 0.360 e. The molecule has 1 atom stereocenters. The van der Waals surface area contributed by atoms with E-state index in [0.717, 1.165) is 49.0 Å². The third-order valence-corrected chi connectivity index (χ3v) is 7.10. The molecule has 3 heterocycles. The second-order valence-corrected chi connectivity index (χ2v) is 10.3. The number of piperazine rings is 1. The number of carbonyl (C=O) groups is 1. The minimum Gasteiger partial charge on any atom is -0.360 e. The number of nitrogens with zero attached hydrogens (tertiary/aromatic N) is 3. The molecule has 2 aromatic carbocycles. The van der Waals surface area contributed by atoms with Crippen molar-refractivity contribution in [2.24, 2.45) is 5.92 Å². The number of fused-ring (bicyclic) bond motifs is 1. The SMILES string of the molecule is CC(C)CC(=O)N1CCN(CC2=C(c3ccc(Cl)cc3)NC3C=CC(c4ccccc4)=CN23)CC1. The molecule has 1 amide bonds. The van der Waals surface area contributed by atoms with Crippen molar-refractivity contribution in [2.45, 2.75) is 26.4 Å². The highest BCUT2D eigenvalue weighted by Gasteiger charge is 2.33. The number of hydrogen-bond acceptors (Lipinski definition) is 4. The van der Waals surface area contributed by atoms with Crippen LogP contribution < -0.4 is 5.32 Å². The number of hydrogen-bond donors (Lipinski definition) is 1. The van der Waals surface area contributed by atoms with E-state index in [-0.39, 0.29) is 12.1 Å². The fourth-order valence-corrected chi connectivity index (χ4v) is 5.08. The second kappa shape index (κ2) is 10.3. The summed E-state index contributed by atoms with van der Waals surface area (Å²) in [4.78, 5) is 19.4. The molecule has 0 bridgehead atoms. The summed E-state index contributed by atoms with van der Waals surface area (Å²) < 4.78 is 0. The maximum atomic E-state index is 12.5. The number of allylic oxidation sites excluding steroid dienone is 2. The first-order valence-corrected chi connectivity index (χ1v) is 12.9. The third kappa shape index (κ3) is 5.31. The van der Waals surface area contributed by atoms with Gasteiger partial charge in [-0.25, -0.2) is 0 Å². The van der Waals surface area contributed by atoms with Crippen molar-refractivity contribution in [2.75, 3.05) is 32.7 Å². The molecule has 1 fully saturated rings. The van der Waals surface area contributed by atoms with Gasteiger partial charge in [-0.05, 0) is 40.8 Å². The molecular formula is C29H33ClN4O. The highest BCUT2D eigenvalue weighted by Crippen LogP contribution is 2.34. The van der Waals surface area contributed by atoms with Crippen LogP contribution >= 0.6 is 11.6 Å². The van der Waals surface area contributed by atoms with Crippen molar-refractivity contribution >= 4 is 28.8 Å². The van der Waals surface area contributed by atoms with Gasteiger partial charge in [0.1, 0.15) is 6.17 Å². The Kier molecular flexibility index (Phi) is 6.98. The zero-order valence-corrected chi connectivity index (χ0v) is 21.2. The molecule has 1 saturated heterocycles. The van der Waals surface area contributed by atoms with Gasteiger partial charge in [0.05, 0.1) is 11.4 Å². The molecule has 0 spiro atoms. The van der Waals surface area contributed by atoms with E-state index < -0.39 is 0 Å². The summed E-state index contributed by atoms with van der Waals surface area (Å²) in [5.41, 5.74) is 5.92. The number of carbonyl (C=O) groups excluding carboxylic acids is 1. The molecule has 1 unspecified atom stereocenters. The summed E-state index contributed by atoms with van der Waals surface area (Å²) in [5, 5.41) is 4.46. The van der Waals surface area contributed by atoms with Gasteiger partial charge in [0.25, 0.3) is 0 Å². The molecule has 6 heteroatoms. The van der Waals surface area contributed by atoms with Gasteiger partial charge in [-0.15, -0.1) is 0 Å². The van der Waals surface area contributed by atoms with Crippen molar-refractivity contribution in [3.05, 3.63) is 94.8 Å². The van der Waals surface area contributed by atoms with E-state index in [1.165, 1.54) is 16.8 Å². The molecule has 182 valence electrons. The van der Waals surface area contributed by atoms with Crippen LogP contribution in [0.25, 0.3) is 11.3 Å². The van der Waals surface area contributed by atoms with E-state index in [2.05, 4.69) is 83.7 Å². The van der Waals surface area contributed by atoms with Crippen molar-refractivity contribution in [3.63, 3.8) is 0 Å². The van der Waals surface area contributed by atoms with Crippen LogP contribution in [0.4, 0.5) is 0 Å². The first-order chi connectivity index (χ1) is 17.0. The average molecular weight is 489 g/mol. The summed E-state index contributed by atoms with van der Waals surface area (Å²) in [6, 6.07) is 18.6. The fourth-order valence-electron chi connectivity index (χ4n) is 4.96. The Morgan fingerprint density at radius 1 is 1.00 bits per heavy atom. The van der Waals surface area contributed by atoms with Crippen LogP contribution in [-0.4, -0.2) is 59.5 Å². The van der Waals surface area contributed by atoms with Gasteiger partial charge >= 0.3 is 0 Å². The normalized spacial score (nSPS) is 20.2. The van der Waals surface area contributed by atoms with Gasteiger partial charge < -0.3 is 15.1 Å². The number of benzene rings is 2. The summed E-state index contributed by atoms with van der Waals surface area (Å²) in [6.45, 7) is 8.36. The lowest BCUT2D eigenvalue weighted by molar-refractivity contribution is -0.133. The van der Waals surface area contributed by atoms with Crippen LogP contribution in [0.5, 0.6) is 0 Å². The standard InChI is InChI=1S/C29H33ClN4O/c1-21(2)18-28(35)33-16-14-32(15-17-33)20-26-29(23-8-11-25(30)12-9-23)31-27-13-10-24(19-34(26)27)22-6-4-3-5-7-22/h3-13,19,21,27,31H,14-18,20H2,1-2H3. The van der Waals surface area contributed by atoms with E-state index in [4.69, 9.17) is 11.6 Å². The van der Waals surface area contributed by atoms with Crippen molar-refractivity contribution < 1.29 is 4.79 Å². The highest BCUT2D eigenvalue weighted by molar-refractivity contribution is 6.30. The van der Waals surface area contributed by atoms with Crippen LogP contribution in [0.15, 0.2) is 78.6 Å². The van der Waals surface area contributed by atoms with Crippen molar-refractivity contribution in [3.8, 4) is 0 Å². The molecule has 5 nitrogen and oxygen atoms in total. The molecule has 5 rings (SSSR count). The van der Waals surface area contributed by atoms with E-state index in [1.54, 1.807) is 0 Å². The first kappa shape index (κ1) is 23.7. The van der Waals surface area contributed by atoms with Gasteiger partial charge in [0.2, 0.25) is 5.91 Å². The molecule has 3 aliphatic heterocycles. The zero-order chi connectivity index (χ0) is 24.4. The first-order valence-electron chi connectivity index (χ1n) is 12.5. The fraction of sp³-hybridized carbons (Fsp3) is 0.345. The van der Waals surface area contributed by atoms with Crippen LogP contribution in [0.1, 0.15) is 31.4 Å². The topological polar surface area (TPSA) is 38.8 Å². The molecular weight excluding hydrogens is 456 g/mol. The summed E-state index contributed by atoms with van der Waals surface area (Å²) in [7, 11) is 0. The third-order valence-electron chi connectivity index (χ3n) is 6.85. The molecule has 2 aromatic rings. The maximum Gasteiger partial charge on any atom is 0.222 e. The lowest BCUT2D eigenvalue weighted by atomic mass is 10.0. The second-order valence-electron chi connectivity index (χ2n) is 9.89. The van der Waals surface area contributed by atoms with Gasteiger partial charge in [-0.3, -0.25) is 9.69 Å². The van der Waals surface area contributed by atoms with E-state index in [9.17, 15) is 4.79 Å². The van der Waals surface area contributed by atoms with Gasteiger partial charge in [-0.1, -0.05) is 74.0 Å². The number of amides is 1. The lowest BCUT2D eigenvalue weighted by Gasteiger charge is -2.37. The minimum absolute atomic E-state index is 0.0806. The van der Waals surface area contributed by atoms with Crippen LogP contribution in [-0.2, 0) is 4.79 Å². The van der Waals surface area contributed by atoms with Gasteiger partial charge in [0, 0.05) is 50.4 Å². The molecule has 0 aromatic heterocycles. The minimum atomic E-state index is 0.0806. The Balaban J connectivity index is 1.39.